The molecule has 6 heteroatoms. The zero-order valence-electron chi connectivity index (χ0n) is 10.0. The Bertz CT molecular complexity index is 401. The number of hydrogen-bond donors (Lipinski definition) is 1. The minimum Gasteiger partial charge on any atom is -0.468 e. The Morgan fingerprint density at radius 3 is 2.33 bits per heavy atom. The largest absolute Gasteiger partial charge is 0.468 e. The molecule has 100 valence electrons. The summed E-state index contributed by atoms with van der Waals surface area (Å²) >= 11 is 0. The molecule has 1 aromatic carbocycles. The minimum atomic E-state index is -4.38. The van der Waals surface area contributed by atoms with Crippen LogP contribution in [0.15, 0.2) is 24.3 Å². The van der Waals surface area contributed by atoms with Crippen molar-refractivity contribution in [2.24, 2.45) is 0 Å². The van der Waals surface area contributed by atoms with Gasteiger partial charge in [0, 0.05) is 0 Å². The van der Waals surface area contributed by atoms with Gasteiger partial charge >= 0.3 is 12.1 Å². The second-order valence-corrected chi connectivity index (χ2v) is 3.86. The van der Waals surface area contributed by atoms with Crippen LogP contribution in [-0.2, 0) is 9.53 Å². The third-order valence-corrected chi connectivity index (χ3v) is 2.35. The quantitative estimate of drug-likeness (QED) is 0.845. The van der Waals surface area contributed by atoms with Crippen LogP contribution in [0.2, 0.25) is 0 Å². The van der Waals surface area contributed by atoms with E-state index in [4.69, 9.17) is 0 Å². The van der Waals surface area contributed by atoms with Crippen molar-refractivity contribution in [2.75, 3.05) is 13.7 Å². The van der Waals surface area contributed by atoms with Gasteiger partial charge in [0.05, 0.1) is 13.7 Å². The predicted octanol–water partition coefficient (Wildman–Crippen LogP) is 2.36. The number of benzene rings is 1. The summed E-state index contributed by atoms with van der Waals surface area (Å²) in [7, 11) is 1.14. The molecule has 0 radical (unpaired) electrons. The van der Waals surface area contributed by atoms with E-state index in [1.165, 1.54) is 0 Å². The van der Waals surface area contributed by atoms with E-state index in [1.807, 2.05) is 6.92 Å². The first kappa shape index (κ1) is 14.5. The molecular formula is C12H14F3NO2. The first-order valence-corrected chi connectivity index (χ1v) is 5.28. The van der Waals surface area contributed by atoms with Crippen LogP contribution in [0.1, 0.15) is 17.2 Å². The zero-order valence-corrected chi connectivity index (χ0v) is 10.0. The molecule has 0 aliphatic carbocycles. The summed E-state index contributed by atoms with van der Waals surface area (Å²) in [6.45, 7) is 0.598. The number of carbonyl (C=O) groups is 1. The molecule has 0 aromatic heterocycles. The molecular weight excluding hydrogens is 247 g/mol. The normalized spacial score (nSPS) is 13.2. The number of ether oxygens (including phenoxy) is 1. The van der Waals surface area contributed by atoms with Crippen LogP contribution in [0, 0.1) is 6.92 Å². The summed E-state index contributed by atoms with van der Waals surface area (Å²) < 4.78 is 40.9. The molecule has 1 rings (SSSR count). The van der Waals surface area contributed by atoms with Crippen molar-refractivity contribution in [1.29, 1.82) is 0 Å². The van der Waals surface area contributed by atoms with Crippen LogP contribution in [0.5, 0.6) is 0 Å². The highest BCUT2D eigenvalue weighted by atomic mass is 19.4. The molecule has 0 fully saturated rings. The summed E-state index contributed by atoms with van der Waals surface area (Å²) in [6, 6.07) is 5.53. The lowest BCUT2D eigenvalue weighted by Crippen LogP contribution is -2.36. The Kier molecular flexibility index (Phi) is 4.72. The second kappa shape index (κ2) is 5.86. The van der Waals surface area contributed by atoms with Gasteiger partial charge in [0.1, 0.15) is 6.04 Å². The van der Waals surface area contributed by atoms with E-state index in [1.54, 1.807) is 24.3 Å². The third kappa shape index (κ3) is 4.37. The maximum Gasteiger partial charge on any atom is 0.401 e. The summed E-state index contributed by atoms with van der Waals surface area (Å²) in [6.07, 6.45) is -4.38. The summed E-state index contributed by atoms with van der Waals surface area (Å²) in [4.78, 5) is 11.5. The molecule has 0 aliphatic rings. The first-order valence-electron chi connectivity index (χ1n) is 5.28. The lowest BCUT2D eigenvalue weighted by molar-refractivity contribution is -0.146. The molecule has 1 unspecified atom stereocenters. The SMILES string of the molecule is COC(=O)C(NCC(F)(F)F)c1ccc(C)cc1. The highest BCUT2D eigenvalue weighted by Crippen LogP contribution is 2.19. The van der Waals surface area contributed by atoms with Crippen molar-refractivity contribution in [2.45, 2.75) is 19.1 Å². The van der Waals surface area contributed by atoms with Gasteiger partial charge in [-0.3, -0.25) is 5.32 Å². The zero-order chi connectivity index (χ0) is 13.8. The molecule has 1 N–H and O–H groups in total. The van der Waals surface area contributed by atoms with E-state index in [-0.39, 0.29) is 0 Å². The Labute approximate surface area is 103 Å². The Morgan fingerprint density at radius 1 is 1.33 bits per heavy atom. The number of alkyl halides is 3. The van der Waals surface area contributed by atoms with E-state index in [2.05, 4.69) is 10.1 Å². The maximum atomic E-state index is 12.1. The fraction of sp³-hybridized carbons (Fsp3) is 0.417. The molecule has 0 aliphatic heterocycles. The van der Waals surface area contributed by atoms with Gasteiger partial charge in [-0.25, -0.2) is 4.79 Å². The molecule has 1 aromatic rings. The van der Waals surface area contributed by atoms with Gasteiger partial charge in [-0.05, 0) is 12.5 Å². The van der Waals surface area contributed by atoms with Crippen molar-refractivity contribution in [3.8, 4) is 0 Å². The molecule has 0 saturated heterocycles. The number of nitrogens with one attached hydrogen (secondary N) is 1. The lowest BCUT2D eigenvalue weighted by atomic mass is 10.1. The van der Waals surface area contributed by atoms with Crippen molar-refractivity contribution >= 4 is 5.97 Å². The second-order valence-electron chi connectivity index (χ2n) is 3.86. The number of methoxy groups -OCH3 is 1. The number of halogens is 3. The highest BCUT2D eigenvalue weighted by molar-refractivity contribution is 5.77. The lowest BCUT2D eigenvalue weighted by Gasteiger charge is -2.18. The van der Waals surface area contributed by atoms with Crippen LogP contribution in [0.4, 0.5) is 13.2 Å². The van der Waals surface area contributed by atoms with Gasteiger partial charge in [0.25, 0.3) is 0 Å². The number of hydrogen-bond acceptors (Lipinski definition) is 3. The molecule has 0 heterocycles. The van der Waals surface area contributed by atoms with Gasteiger partial charge in [0.15, 0.2) is 0 Å². The maximum absolute atomic E-state index is 12.1. The van der Waals surface area contributed by atoms with E-state index in [0.29, 0.717) is 5.56 Å². The van der Waals surface area contributed by atoms with Gasteiger partial charge in [-0.2, -0.15) is 13.2 Å². The average Bonchev–Trinajstić information content (AvgIpc) is 2.29. The molecule has 1 atom stereocenters. The standard InChI is InChI=1S/C12H14F3NO2/c1-8-3-5-9(6-4-8)10(11(17)18-2)16-7-12(13,14)15/h3-6,10,16H,7H2,1-2H3. The van der Waals surface area contributed by atoms with Crippen molar-refractivity contribution in [3.63, 3.8) is 0 Å². The Hall–Kier alpha value is -1.56. The fourth-order valence-corrected chi connectivity index (χ4v) is 1.43. The van der Waals surface area contributed by atoms with E-state index in [0.717, 1.165) is 12.7 Å². The summed E-state index contributed by atoms with van der Waals surface area (Å²) in [5, 5.41) is 2.15. The Balaban J connectivity index is 2.85. The van der Waals surface area contributed by atoms with Crippen LogP contribution >= 0.6 is 0 Å². The van der Waals surface area contributed by atoms with Crippen molar-refractivity contribution in [1.82, 2.24) is 5.32 Å². The summed E-state index contributed by atoms with van der Waals surface area (Å²) in [5.74, 6) is -0.747. The molecule has 3 nitrogen and oxygen atoms in total. The molecule has 0 saturated carbocycles. The first-order chi connectivity index (χ1) is 8.33. The third-order valence-electron chi connectivity index (χ3n) is 2.35. The Morgan fingerprint density at radius 2 is 1.89 bits per heavy atom. The predicted molar refractivity (Wildman–Crippen MR) is 60.0 cm³/mol. The van der Waals surface area contributed by atoms with Gasteiger partial charge in [0.2, 0.25) is 0 Å². The van der Waals surface area contributed by atoms with Crippen LogP contribution in [-0.4, -0.2) is 25.8 Å². The minimum absolute atomic E-state index is 0.441. The topological polar surface area (TPSA) is 38.3 Å². The molecule has 18 heavy (non-hydrogen) atoms. The fourth-order valence-electron chi connectivity index (χ4n) is 1.43. The van der Waals surface area contributed by atoms with Crippen LogP contribution < -0.4 is 5.32 Å². The smallest absolute Gasteiger partial charge is 0.401 e. The van der Waals surface area contributed by atoms with E-state index >= 15 is 0 Å². The molecule has 0 bridgehead atoms. The number of esters is 1. The van der Waals surface area contributed by atoms with Crippen LogP contribution in [0.3, 0.4) is 0 Å². The van der Waals surface area contributed by atoms with Crippen LogP contribution in [0.25, 0.3) is 0 Å². The van der Waals surface area contributed by atoms with Gasteiger partial charge in [-0.15, -0.1) is 0 Å². The number of aryl methyl sites for hydroxylation is 1. The van der Waals surface area contributed by atoms with Gasteiger partial charge in [-0.1, -0.05) is 29.8 Å². The monoisotopic (exact) mass is 261 g/mol. The van der Waals surface area contributed by atoms with E-state index < -0.39 is 24.7 Å². The number of carbonyl (C=O) groups excluding carboxylic acids is 1. The van der Waals surface area contributed by atoms with Gasteiger partial charge < -0.3 is 4.74 Å². The molecule has 0 amide bonds. The highest BCUT2D eigenvalue weighted by Gasteiger charge is 2.31. The van der Waals surface area contributed by atoms with Crippen molar-refractivity contribution < 1.29 is 22.7 Å². The average molecular weight is 261 g/mol. The molecule has 0 spiro atoms. The van der Waals surface area contributed by atoms with Crippen molar-refractivity contribution in [3.05, 3.63) is 35.4 Å². The summed E-state index contributed by atoms with van der Waals surface area (Å²) in [5.41, 5.74) is 1.40. The number of rotatable bonds is 4. The van der Waals surface area contributed by atoms with E-state index in [9.17, 15) is 18.0 Å².